The van der Waals surface area contributed by atoms with Crippen molar-refractivity contribution in [1.82, 2.24) is 4.90 Å². The zero-order chi connectivity index (χ0) is 27.7. The third kappa shape index (κ3) is 6.45. The summed E-state index contributed by atoms with van der Waals surface area (Å²) in [7, 11) is 0. The molecule has 3 aliphatic rings. The first-order valence-electron chi connectivity index (χ1n) is 13.8. The van der Waals surface area contributed by atoms with Gasteiger partial charge in [0.1, 0.15) is 22.7 Å². The third-order valence-electron chi connectivity index (χ3n) is 7.89. The minimum Gasteiger partial charge on any atom is -0.487 e. The molecule has 1 spiro atoms. The predicted molar refractivity (Wildman–Crippen MR) is 145 cm³/mol. The molecule has 0 radical (unpaired) electrons. The van der Waals surface area contributed by atoms with Gasteiger partial charge in [-0.1, -0.05) is 11.6 Å². The summed E-state index contributed by atoms with van der Waals surface area (Å²) in [5, 5.41) is 0. The summed E-state index contributed by atoms with van der Waals surface area (Å²) >= 11 is 0. The van der Waals surface area contributed by atoms with Gasteiger partial charge in [-0.25, -0.2) is 4.79 Å². The van der Waals surface area contributed by atoms with Gasteiger partial charge in [0, 0.05) is 36.1 Å². The van der Waals surface area contributed by atoms with Crippen LogP contribution in [0, 0.1) is 11.3 Å². The molecular weight excluding hydrogens is 484 g/mol. The number of amides is 2. The SMILES string of the molecule is CC(C)=CCC[C@]1(C)Oc2cc(OCC(N)=O)ccc2[C@H]2OC[C@@]3(CCCN(C(=O)OC(C)(C)C)C3)C[C@@H]21. The summed E-state index contributed by atoms with van der Waals surface area (Å²) in [6, 6.07) is 5.66. The highest BCUT2D eigenvalue weighted by Crippen LogP contribution is 2.56. The Hall–Kier alpha value is -2.74. The minimum absolute atomic E-state index is 0.116. The van der Waals surface area contributed by atoms with Gasteiger partial charge >= 0.3 is 6.09 Å². The van der Waals surface area contributed by atoms with Crippen LogP contribution in [0.25, 0.3) is 0 Å². The summed E-state index contributed by atoms with van der Waals surface area (Å²) in [6.45, 7) is 13.8. The van der Waals surface area contributed by atoms with Crippen molar-refractivity contribution in [2.24, 2.45) is 17.1 Å². The second kappa shape index (κ2) is 10.8. The Morgan fingerprint density at radius 1 is 1.26 bits per heavy atom. The number of piperidine rings is 1. The first-order chi connectivity index (χ1) is 17.8. The van der Waals surface area contributed by atoms with E-state index in [2.05, 4.69) is 26.8 Å². The Balaban J connectivity index is 1.61. The smallest absolute Gasteiger partial charge is 0.410 e. The van der Waals surface area contributed by atoms with E-state index in [0.717, 1.165) is 43.4 Å². The number of allylic oxidation sites excluding steroid dienone is 2. The van der Waals surface area contributed by atoms with Crippen LogP contribution < -0.4 is 15.2 Å². The molecular formula is C30H44N2O6. The molecule has 1 aromatic rings. The fourth-order valence-corrected chi connectivity index (χ4v) is 6.13. The van der Waals surface area contributed by atoms with Crippen LogP contribution in [0.5, 0.6) is 11.5 Å². The molecule has 0 saturated carbocycles. The van der Waals surface area contributed by atoms with Crippen LogP contribution in [0.2, 0.25) is 0 Å². The Labute approximate surface area is 226 Å². The Bertz CT molecular complexity index is 1070. The van der Waals surface area contributed by atoms with Gasteiger partial charge in [0.05, 0.1) is 12.7 Å². The van der Waals surface area contributed by atoms with E-state index in [4.69, 9.17) is 24.7 Å². The van der Waals surface area contributed by atoms with E-state index < -0.39 is 17.1 Å². The zero-order valence-corrected chi connectivity index (χ0v) is 23.8. The molecule has 2 N–H and O–H groups in total. The van der Waals surface area contributed by atoms with Crippen molar-refractivity contribution in [3.63, 3.8) is 0 Å². The lowest BCUT2D eigenvalue weighted by Crippen LogP contribution is -2.57. The summed E-state index contributed by atoms with van der Waals surface area (Å²) in [6.07, 6.45) is 6.44. The average Bonchev–Trinajstić information content (AvgIpc) is 2.81. The van der Waals surface area contributed by atoms with Crippen molar-refractivity contribution in [2.45, 2.75) is 91.0 Å². The van der Waals surface area contributed by atoms with Crippen LogP contribution in [-0.4, -0.2) is 54.4 Å². The number of carbonyl (C=O) groups is 2. The molecule has 2 saturated heterocycles. The summed E-state index contributed by atoms with van der Waals surface area (Å²) in [5.41, 5.74) is 6.39. The number of rotatable bonds is 6. The van der Waals surface area contributed by atoms with Gasteiger partial charge < -0.3 is 29.6 Å². The van der Waals surface area contributed by atoms with E-state index in [1.54, 1.807) is 0 Å². The second-order valence-corrected chi connectivity index (χ2v) is 12.7. The van der Waals surface area contributed by atoms with Crippen molar-refractivity contribution < 1.29 is 28.5 Å². The molecule has 8 nitrogen and oxygen atoms in total. The van der Waals surface area contributed by atoms with Crippen molar-refractivity contribution in [1.29, 1.82) is 0 Å². The van der Waals surface area contributed by atoms with Crippen LogP contribution >= 0.6 is 0 Å². The van der Waals surface area contributed by atoms with E-state index in [1.165, 1.54) is 5.57 Å². The van der Waals surface area contributed by atoms with Gasteiger partial charge in [-0.05, 0) is 85.8 Å². The lowest BCUT2D eigenvalue weighted by Gasteiger charge is -2.55. The van der Waals surface area contributed by atoms with Gasteiger partial charge in [-0.2, -0.15) is 0 Å². The molecule has 38 heavy (non-hydrogen) atoms. The van der Waals surface area contributed by atoms with Crippen LogP contribution in [0.15, 0.2) is 29.8 Å². The third-order valence-corrected chi connectivity index (χ3v) is 7.89. The molecule has 4 rings (SSSR count). The van der Waals surface area contributed by atoms with E-state index in [9.17, 15) is 9.59 Å². The first kappa shape index (κ1) is 28.3. The Morgan fingerprint density at radius 2 is 2.03 bits per heavy atom. The number of fused-ring (bicyclic) bond motifs is 3. The van der Waals surface area contributed by atoms with Crippen molar-refractivity contribution >= 4 is 12.0 Å². The molecule has 0 aliphatic carbocycles. The number of carbonyl (C=O) groups excluding carboxylic acids is 2. The maximum absolute atomic E-state index is 12.9. The van der Waals surface area contributed by atoms with Crippen LogP contribution in [0.3, 0.4) is 0 Å². The van der Waals surface area contributed by atoms with Gasteiger partial charge in [0.2, 0.25) is 0 Å². The van der Waals surface area contributed by atoms with Gasteiger partial charge in [0.25, 0.3) is 5.91 Å². The molecule has 8 heteroatoms. The molecule has 2 fully saturated rings. The number of nitrogens with two attached hydrogens (primary N) is 1. The van der Waals surface area contributed by atoms with Gasteiger partial charge in [0.15, 0.2) is 6.61 Å². The lowest BCUT2D eigenvalue weighted by atomic mass is 9.64. The number of hydrogen-bond acceptors (Lipinski definition) is 6. The maximum Gasteiger partial charge on any atom is 0.410 e. The summed E-state index contributed by atoms with van der Waals surface area (Å²) < 4.78 is 24.7. The van der Waals surface area contributed by atoms with Gasteiger partial charge in [-0.3, -0.25) is 4.79 Å². The monoisotopic (exact) mass is 528 g/mol. The van der Waals surface area contributed by atoms with Crippen LogP contribution in [0.4, 0.5) is 4.79 Å². The van der Waals surface area contributed by atoms with E-state index in [1.807, 2.05) is 43.9 Å². The lowest BCUT2D eigenvalue weighted by molar-refractivity contribution is -0.180. The molecule has 2 amide bonds. The largest absolute Gasteiger partial charge is 0.487 e. The van der Waals surface area contributed by atoms with Crippen molar-refractivity contribution in [3.05, 3.63) is 35.4 Å². The van der Waals surface area contributed by atoms with Crippen molar-refractivity contribution in [3.8, 4) is 11.5 Å². The Morgan fingerprint density at radius 3 is 2.71 bits per heavy atom. The highest BCUT2D eigenvalue weighted by atomic mass is 16.6. The quantitative estimate of drug-likeness (QED) is 0.487. The number of likely N-dealkylation sites (tertiary alicyclic amines) is 1. The van der Waals surface area contributed by atoms with Gasteiger partial charge in [-0.15, -0.1) is 0 Å². The van der Waals surface area contributed by atoms with E-state index in [-0.39, 0.29) is 30.1 Å². The molecule has 0 unspecified atom stereocenters. The predicted octanol–water partition coefficient (Wildman–Crippen LogP) is 5.54. The molecule has 0 aromatic heterocycles. The highest BCUT2D eigenvalue weighted by molar-refractivity contribution is 5.75. The molecule has 4 atom stereocenters. The number of benzene rings is 1. The van der Waals surface area contributed by atoms with Crippen LogP contribution in [-0.2, 0) is 14.3 Å². The Kier molecular flexibility index (Phi) is 8.03. The number of primary amides is 1. The minimum atomic E-state index is -0.527. The first-order valence-corrected chi connectivity index (χ1v) is 13.8. The summed E-state index contributed by atoms with van der Waals surface area (Å²) in [4.78, 5) is 26.0. The molecule has 210 valence electrons. The standard InChI is InChI=1S/C30H44N2O6/c1-20(2)9-7-12-29(6)23-16-30(13-8-14-32(18-30)27(34)38-28(3,4)5)19-36-26(23)22-11-10-21(15-24(22)37-29)35-17-25(31)33/h9-11,15,23,26H,7-8,12-14,16-19H2,1-6H3,(H2,31,33)/t23-,26+,29-,30-/m0/s1. The highest BCUT2D eigenvalue weighted by Gasteiger charge is 2.55. The fraction of sp³-hybridized carbons (Fsp3) is 0.667. The van der Waals surface area contributed by atoms with E-state index >= 15 is 0 Å². The number of ether oxygens (including phenoxy) is 4. The second-order valence-electron chi connectivity index (χ2n) is 12.7. The zero-order valence-electron chi connectivity index (χ0n) is 23.8. The molecule has 0 bridgehead atoms. The fourth-order valence-electron chi connectivity index (χ4n) is 6.13. The number of hydrogen-bond donors (Lipinski definition) is 1. The normalized spacial score (nSPS) is 28.5. The van der Waals surface area contributed by atoms with E-state index in [0.29, 0.717) is 25.4 Å². The average molecular weight is 529 g/mol. The summed E-state index contributed by atoms with van der Waals surface area (Å²) in [5.74, 6) is 0.859. The van der Waals surface area contributed by atoms with Crippen LogP contribution in [0.1, 0.15) is 85.3 Å². The molecule has 3 aliphatic heterocycles. The molecule has 1 aromatic carbocycles. The van der Waals surface area contributed by atoms with Crippen molar-refractivity contribution in [2.75, 3.05) is 26.3 Å². The number of nitrogens with zero attached hydrogens (tertiary/aromatic N) is 1. The topological polar surface area (TPSA) is 100 Å². The molecule has 3 heterocycles. The maximum atomic E-state index is 12.9.